The Morgan fingerprint density at radius 2 is 2.18 bits per heavy atom. The highest BCUT2D eigenvalue weighted by Gasteiger charge is 2.41. The number of H-pyrrole nitrogens is 1. The average molecular weight is 463 g/mol. The summed E-state index contributed by atoms with van der Waals surface area (Å²) in [5.74, 6) is 0.770. The van der Waals surface area contributed by atoms with Gasteiger partial charge in [-0.15, -0.1) is 0 Å². The van der Waals surface area contributed by atoms with Crippen molar-refractivity contribution in [2.75, 3.05) is 0 Å². The topological polar surface area (TPSA) is 103 Å². The molecule has 3 aromatic heterocycles. The van der Waals surface area contributed by atoms with Gasteiger partial charge in [-0.1, -0.05) is 37.1 Å². The summed E-state index contributed by atoms with van der Waals surface area (Å²) >= 11 is 6.18. The van der Waals surface area contributed by atoms with Crippen molar-refractivity contribution >= 4 is 40.6 Å². The Morgan fingerprint density at radius 3 is 2.88 bits per heavy atom. The van der Waals surface area contributed by atoms with Crippen molar-refractivity contribution in [2.24, 2.45) is 5.92 Å². The van der Waals surface area contributed by atoms with Crippen LogP contribution in [0.1, 0.15) is 30.7 Å². The van der Waals surface area contributed by atoms with E-state index >= 15 is 4.39 Å². The Labute approximate surface area is 195 Å². The number of fused-ring (bicyclic) bond motifs is 4. The zero-order chi connectivity index (χ0) is 22.5. The molecule has 0 saturated carbocycles. The Morgan fingerprint density at radius 1 is 1.33 bits per heavy atom. The zero-order valence-electron chi connectivity index (χ0n) is 17.7. The third-order valence-corrected chi connectivity index (χ3v) is 7.42. The molecule has 2 atom stereocenters. The lowest BCUT2D eigenvalue weighted by atomic mass is 9.31. The summed E-state index contributed by atoms with van der Waals surface area (Å²) < 4.78 is 21.5. The van der Waals surface area contributed by atoms with Crippen LogP contribution in [0.15, 0.2) is 46.5 Å². The monoisotopic (exact) mass is 462 g/mol. The van der Waals surface area contributed by atoms with Crippen LogP contribution in [-0.4, -0.2) is 34.0 Å². The van der Waals surface area contributed by atoms with Gasteiger partial charge in [0.05, 0.1) is 33.8 Å². The number of nitrogens with zero attached hydrogens (tertiary/aromatic N) is 3. The summed E-state index contributed by atoms with van der Waals surface area (Å²) in [5.41, 5.74) is 1.72. The number of dihydropyridines is 1. The highest BCUT2D eigenvalue weighted by molar-refractivity contribution is 6.61. The van der Waals surface area contributed by atoms with Crippen LogP contribution < -0.4 is 10.6 Å². The molecule has 3 aromatic rings. The lowest BCUT2D eigenvalue weighted by Crippen LogP contribution is -2.57. The number of furan rings is 1. The fourth-order valence-corrected chi connectivity index (χ4v) is 5.77. The fourth-order valence-electron chi connectivity index (χ4n) is 5.61. The van der Waals surface area contributed by atoms with Crippen molar-refractivity contribution in [3.8, 4) is 6.07 Å². The molecule has 7 rings (SSSR count). The van der Waals surface area contributed by atoms with Crippen molar-refractivity contribution in [2.45, 2.75) is 44.0 Å². The smallest absolute Gasteiger partial charge is 0.181 e. The number of hydrogen-bond acceptors (Lipinski definition) is 6. The minimum Gasteiger partial charge on any atom is -0.464 e. The summed E-state index contributed by atoms with van der Waals surface area (Å²) in [6, 6.07) is 7.25. The van der Waals surface area contributed by atoms with Gasteiger partial charge in [0.15, 0.2) is 12.4 Å². The Kier molecular flexibility index (Phi) is 5.00. The summed E-state index contributed by atoms with van der Waals surface area (Å²) in [6.45, 7) is 0.539. The van der Waals surface area contributed by atoms with Crippen LogP contribution in [0.4, 0.5) is 4.39 Å². The Bertz CT molecular complexity index is 1320. The lowest BCUT2D eigenvalue weighted by Gasteiger charge is -2.43. The van der Waals surface area contributed by atoms with Crippen LogP contribution in [0, 0.1) is 17.2 Å². The van der Waals surface area contributed by atoms with E-state index < -0.39 is 12.0 Å². The van der Waals surface area contributed by atoms with Gasteiger partial charge >= 0.3 is 0 Å². The number of hydrogen-bond donors (Lipinski definition) is 3. The molecule has 0 spiro atoms. The van der Waals surface area contributed by atoms with Crippen LogP contribution in [0.5, 0.6) is 0 Å². The first kappa shape index (κ1) is 20.5. The third kappa shape index (κ3) is 3.45. The van der Waals surface area contributed by atoms with Crippen molar-refractivity contribution in [3.63, 3.8) is 0 Å². The van der Waals surface area contributed by atoms with Crippen molar-refractivity contribution in [1.82, 2.24) is 25.8 Å². The van der Waals surface area contributed by atoms with Crippen LogP contribution in [0.2, 0.25) is 17.7 Å². The van der Waals surface area contributed by atoms with Gasteiger partial charge in [-0.2, -0.15) is 10.4 Å². The van der Waals surface area contributed by atoms with Gasteiger partial charge < -0.3 is 9.73 Å². The van der Waals surface area contributed by atoms with Gasteiger partial charge in [0.2, 0.25) is 0 Å². The maximum absolute atomic E-state index is 16.0. The summed E-state index contributed by atoms with van der Waals surface area (Å²) in [4.78, 5) is 4.24. The van der Waals surface area contributed by atoms with Gasteiger partial charge in [0.1, 0.15) is 23.8 Å². The molecule has 2 bridgehead atoms. The first-order valence-electron chi connectivity index (χ1n) is 11.2. The number of aromatic nitrogens is 3. The van der Waals surface area contributed by atoms with Gasteiger partial charge in [-0.3, -0.25) is 10.4 Å². The number of nitriles is 1. The average Bonchev–Trinajstić information content (AvgIpc) is 3.51. The summed E-state index contributed by atoms with van der Waals surface area (Å²) in [6.07, 6.45) is 8.10. The van der Waals surface area contributed by atoms with E-state index in [-0.39, 0.29) is 17.1 Å². The predicted octanol–water partition coefficient (Wildman–Crippen LogP) is 4.55. The highest BCUT2D eigenvalue weighted by atomic mass is 35.5. The maximum Gasteiger partial charge on any atom is 0.181 e. The van der Waals surface area contributed by atoms with E-state index in [1.54, 1.807) is 18.2 Å². The molecule has 4 aliphatic heterocycles. The van der Waals surface area contributed by atoms with Gasteiger partial charge in [0.25, 0.3) is 0 Å². The first-order chi connectivity index (χ1) is 16.1. The van der Waals surface area contributed by atoms with Gasteiger partial charge in [0, 0.05) is 11.6 Å². The number of aromatic amines is 1. The van der Waals surface area contributed by atoms with E-state index in [0.29, 0.717) is 45.8 Å². The molecule has 7 heterocycles. The molecule has 33 heavy (non-hydrogen) atoms. The van der Waals surface area contributed by atoms with E-state index in [4.69, 9.17) is 16.0 Å². The zero-order valence-corrected chi connectivity index (χ0v) is 18.5. The second-order valence-electron chi connectivity index (χ2n) is 9.05. The number of pyridine rings is 1. The number of rotatable bonds is 4. The van der Waals surface area contributed by atoms with Crippen LogP contribution >= 0.6 is 11.6 Å². The van der Waals surface area contributed by atoms with E-state index in [1.165, 1.54) is 37.9 Å². The normalized spacial score (nSPS) is 25.0. The second kappa shape index (κ2) is 8.05. The fraction of sp³-hybridized carbons (Fsp3) is 0.348. The van der Waals surface area contributed by atoms with Crippen LogP contribution in [-0.2, 0) is 0 Å². The number of allylic oxidation sites excluding steroid dienone is 2. The molecule has 0 radical (unpaired) electrons. The molecule has 0 aliphatic carbocycles. The predicted molar refractivity (Wildman–Crippen MR) is 125 cm³/mol. The molecule has 0 amide bonds. The van der Waals surface area contributed by atoms with Crippen molar-refractivity contribution < 1.29 is 8.81 Å². The van der Waals surface area contributed by atoms with Gasteiger partial charge in [-0.05, 0) is 36.5 Å². The maximum atomic E-state index is 16.0. The number of nitrogens with one attached hydrogen (secondary N) is 3. The van der Waals surface area contributed by atoms with Crippen LogP contribution in [0.3, 0.4) is 0 Å². The van der Waals surface area contributed by atoms with Gasteiger partial charge in [-0.25, -0.2) is 9.37 Å². The molecule has 2 unspecified atom stereocenters. The van der Waals surface area contributed by atoms with E-state index in [2.05, 4.69) is 31.9 Å². The van der Waals surface area contributed by atoms with Crippen molar-refractivity contribution in [1.29, 1.82) is 5.26 Å². The first-order valence-corrected chi connectivity index (χ1v) is 11.6. The molecule has 10 heteroatoms. The molecule has 0 aromatic carbocycles. The molecule has 4 aliphatic rings. The molecular weight excluding hydrogens is 442 g/mol. The molecule has 7 nitrogen and oxygen atoms in total. The van der Waals surface area contributed by atoms with Crippen molar-refractivity contribution in [3.05, 3.63) is 58.5 Å². The van der Waals surface area contributed by atoms with E-state index in [1.807, 2.05) is 0 Å². The third-order valence-electron chi connectivity index (χ3n) is 7.22. The molecule has 3 saturated heterocycles. The summed E-state index contributed by atoms with van der Waals surface area (Å²) in [7, 11) is 0. The second-order valence-corrected chi connectivity index (χ2v) is 9.49. The quantitative estimate of drug-likeness (QED) is 0.491. The Balaban J connectivity index is 1.47. The SMILES string of the molecule is N#CC1=C(c2[nH]nc3ncc(Cl)cc23)NC(NC2CC3CCB2CC3)C(F)=C1c1ccco1. The van der Waals surface area contributed by atoms with E-state index in [9.17, 15) is 5.26 Å². The largest absolute Gasteiger partial charge is 0.464 e. The minimum absolute atomic E-state index is 0.135. The molecule has 166 valence electrons. The molecular formula is C23H21BClFN6O. The Hall–Kier alpha value is -3.09. The molecule has 3 fully saturated rings. The van der Waals surface area contributed by atoms with Crippen LogP contribution in [0.25, 0.3) is 22.3 Å². The number of halogens is 2. The highest BCUT2D eigenvalue weighted by Crippen LogP contribution is 2.40. The van der Waals surface area contributed by atoms with E-state index in [0.717, 1.165) is 6.42 Å². The minimum atomic E-state index is -0.799. The standard InChI is InChI=1S/C23H21BClFN6O/c25-13-9-14-21(31-32-22(14)28-11-13)20-15(10-27)18(16-2-1-7-33-16)19(26)23(30-20)29-17-8-12-3-5-24(17)6-4-12/h1-2,7,9,11-12,17,23,29-30H,3-6,8H2,(H,28,31,32). The lowest BCUT2D eigenvalue weighted by molar-refractivity contribution is 0.327. The summed E-state index contributed by atoms with van der Waals surface area (Å²) in [5, 5.41) is 25.2. The molecule has 3 N–H and O–H groups in total.